The highest BCUT2D eigenvalue weighted by Crippen LogP contribution is 2.24. The highest BCUT2D eigenvalue weighted by Gasteiger charge is 2.29. The van der Waals surface area contributed by atoms with Gasteiger partial charge in [0.1, 0.15) is 0 Å². The Hall–Kier alpha value is -2.74. The van der Waals surface area contributed by atoms with Gasteiger partial charge in [-0.1, -0.05) is 28.0 Å². The number of halogens is 1. The van der Waals surface area contributed by atoms with E-state index in [9.17, 15) is 4.79 Å². The minimum atomic E-state index is -0.0298. The van der Waals surface area contributed by atoms with Gasteiger partial charge in [-0.15, -0.1) is 5.10 Å². The number of hydrogen-bond acceptors (Lipinski definition) is 6. The summed E-state index contributed by atoms with van der Waals surface area (Å²) in [5.74, 6) is 0.857. The molecule has 1 aromatic carbocycles. The topological polar surface area (TPSA) is 89.9 Å². The number of nitrogens with zero attached hydrogens (tertiary/aromatic N) is 6. The molecule has 1 aliphatic rings. The van der Waals surface area contributed by atoms with Crippen molar-refractivity contribution in [3.63, 3.8) is 0 Å². The van der Waals surface area contributed by atoms with Gasteiger partial charge in [0.15, 0.2) is 11.5 Å². The van der Waals surface area contributed by atoms with Crippen LogP contribution in [0.25, 0.3) is 11.6 Å². The van der Waals surface area contributed by atoms with E-state index in [1.807, 2.05) is 0 Å². The number of carbonyl (C=O) groups is 1. The third-order valence-electron chi connectivity index (χ3n) is 4.15. The smallest absolute Gasteiger partial charge is 0.280 e. The molecule has 1 amide bonds. The molecule has 1 saturated heterocycles. The molecule has 8 nitrogen and oxygen atoms in total. The summed E-state index contributed by atoms with van der Waals surface area (Å²) in [5, 5.41) is 12.5. The van der Waals surface area contributed by atoms with Crippen LogP contribution in [-0.2, 0) is 0 Å². The summed E-state index contributed by atoms with van der Waals surface area (Å²) < 4.78 is 6.85. The summed E-state index contributed by atoms with van der Waals surface area (Å²) in [6.07, 6.45) is 2.57. The van der Waals surface area contributed by atoms with Gasteiger partial charge in [0.2, 0.25) is 0 Å². The Bertz CT molecular complexity index is 921. The van der Waals surface area contributed by atoms with Crippen molar-refractivity contribution in [1.82, 2.24) is 30.0 Å². The van der Waals surface area contributed by atoms with E-state index in [-0.39, 0.29) is 11.9 Å². The summed E-state index contributed by atoms with van der Waals surface area (Å²) in [6, 6.07) is 7.05. The average molecular weight is 359 g/mol. The predicted molar refractivity (Wildman–Crippen MR) is 89.1 cm³/mol. The van der Waals surface area contributed by atoms with Crippen LogP contribution in [0.2, 0.25) is 5.02 Å². The summed E-state index contributed by atoms with van der Waals surface area (Å²) in [5.41, 5.74) is 1.12. The fourth-order valence-electron chi connectivity index (χ4n) is 2.90. The van der Waals surface area contributed by atoms with E-state index in [0.717, 1.165) is 6.42 Å². The summed E-state index contributed by atoms with van der Waals surface area (Å²) in [4.78, 5) is 18.5. The van der Waals surface area contributed by atoms with Crippen molar-refractivity contribution in [3.8, 4) is 11.6 Å². The molecule has 3 heterocycles. The monoisotopic (exact) mass is 358 g/mol. The lowest BCUT2D eigenvalue weighted by molar-refractivity contribution is 0.0787. The van der Waals surface area contributed by atoms with Gasteiger partial charge >= 0.3 is 0 Å². The predicted octanol–water partition coefficient (Wildman–Crippen LogP) is 2.38. The molecule has 0 radical (unpaired) electrons. The lowest BCUT2D eigenvalue weighted by Gasteiger charge is -2.16. The first-order chi connectivity index (χ1) is 12.1. The summed E-state index contributed by atoms with van der Waals surface area (Å²) in [7, 11) is 0. The van der Waals surface area contributed by atoms with E-state index in [4.69, 9.17) is 16.1 Å². The van der Waals surface area contributed by atoms with Crippen molar-refractivity contribution < 1.29 is 9.32 Å². The molecule has 25 heavy (non-hydrogen) atoms. The summed E-state index contributed by atoms with van der Waals surface area (Å²) >= 11 is 5.97. The van der Waals surface area contributed by atoms with Crippen molar-refractivity contribution >= 4 is 17.5 Å². The van der Waals surface area contributed by atoms with Crippen LogP contribution in [0.3, 0.4) is 0 Å². The number of rotatable bonds is 3. The fourth-order valence-corrected chi connectivity index (χ4v) is 3.09. The van der Waals surface area contributed by atoms with E-state index in [1.54, 1.807) is 47.0 Å². The molecule has 0 aliphatic carbocycles. The third-order valence-corrected chi connectivity index (χ3v) is 4.39. The molecule has 1 aliphatic heterocycles. The molecule has 0 bridgehead atoms. The lowest BCUT2D eigenvalue weighted by Crippen LogP contribution is -2.29. The first kappa shape index (κ1) is 15.8. The molecule has 0 spiro atoms. The van der Waals surface area contributed by atoms with Crippen molar-refractivity contribution in [2.45, 2.75) is 19.4 Å². The van der Waals surface area contributed by atoms with E-state index in [1.165, 1.54) is 0 Å². The van der Waals surface area contributed by atoms with Crippen molar-refractivity contribution in [3.05, 3.63) is 46.9 Å². The van der Waals surface area contributed by atoms with Crippen LogP contribution < -0.4 is 0 Å². The minimum Gasteiger partial charge on any atom is -0.336 e. The van der Waals surface area contributed by atoms with E-state index in [2.05, 4.69) is 20.5 Å². The molecule has 2 aromatic heterocycles. The standard InChI is InChI=1S/C16H15ClN6O2/c1-10-18-15(25-20-10)14-9-23(21-19-14)13-5-6-22(8-13)16(24)11-3-2-4-12(17)7-11/h2-4,7,9,13H,5-6,8H2,1H3/t13-/m0/s1. The van der Waals surface area contributed by atoms with Gasteiger partial charge in [0, 0.05) is 23.7 Å². The number of hydrogen-bond donors (Lipinski definition) is 0. The Morgan fingerprint density at radius 1 is 1.40 bits per heavy atom. The maximum atomic E-state index is 12.6. The van der Waals surface area contributed by atoms with Gasteiger partial charge < -0.3 is 9.42 Å². The van der Waals surface area contributed by atoms with Gasteiger partial charge in [-0.05, 0) is 31.5 Å². The van der Waals surface area contributed by atoms with Crippen molar-refractivity contribution in [2.75, 3.05) is 13.1 Å². The van der Waals surface area contributed by atoms with E-state index >= 15 is 0 Å². The molecular formula is C16H15ClN6O2. The molecule has 0 N–H and O–H groups in total. The Morgan fingerprint density at radius 2 is 2.28 bits per heavy atom. The maximum Gasteiger partial charge on any atom is 0.280 e. The number of carbonyl (C=O) groups excluding carboxylic acids is 1. The zero-order valence-corrected chi connectivity index (χ0v) is 14.2. The molecular weight excluding hydrogens is 344 g/mol. The largest absolute Gasteiger partial charge is 0.336 e. The number of likely N-dealkylation sites (tertiary alicyclic amines) is 1. The second kappa shape index (κ2) is 6.29. The van der Waals surface area contributed by atoms with Gasteiger partial charge in [-0.3, -0.25) is 4.79 Å². The molecule has 4 rings (SSSR count). The van der Waals surface area contributed by atoms with Crippen LogP contribution in [0.15, 0.2) is 35.0 Å². The molecule has 128 valence electrons. The highest BCUT2D eigenvalue weighted by atomic mass is 35.5. The number of amides is 1. The van der Waals surface area contributed by atoms with Crippen LogP contribution in [0, 0.1) is 6.92 Å². The second-order valence-corrected chi connectivity index (χ2v) is 6.37. The van der Waals surface area contributed by atoms with Crippen LogP contribution in [0.4, 0.5) is 0 Å². The summed E-state index contributed by atoms with van der Waals surface area (Å²) in [6.45, 7) is 2.97. The normalized spacial score (nSPS) is 17.2. The number of aryl methyl sites for hydroxylation is 1. The van der Waals surface area contributed by atoms with Gasteiger partial charge in [-0.2, -0.15) is 4.98 Å². The molecule has 0 unspecified atom stereocenters. The van der Waals surface area contributed by atoms with Crippen molar-refractivity contribution in [2.24, 2.45) is 0 Å². The minimum absolute atomic E-state index is 0.0298. The Labute approximate surface area is 148 Å². The van der Waals surface area contributed by atoms with Gasteiger partial charge in [0.05, 0.1) is 12.2 Å². The third kappa shape index (κ3) is 3.12. The van der Waals surface area contributed by atoms with Crippen LogP contribution in [0.5, 0.6) is 0 Å². The van der Waals surface area contributed by atoms with E-state index < -0.39 is 0 Å². The average Bonchev–Trinajstić information content (AvgIpc) is 3.33. The molecule has 1 fully saturated rings. The first-order valence-corrected chi connectivity index (χ1v) is 8.25. The number of aromatic nitrogens is 5. The Kier molecular flexibility index (Phi) is 3.96. The maximum absolute atomic E-state index is 12.6. The fraction of sp³-hybridized carbons (Fsp3) is 0.312. The molecule has 3 aromatic rings. The zero-order valence-electron chi connectivity index (χ0n) is 13.5. The molecule has 1 atom stereocenters. The van der Waals surface area contributed by atoms with Crippen LogP contribution >= 0.6 is 11.6 Å². The Morgan fingerprint density at radius 3 is 3.04 bits per heavy atom. The number of benzene rings is 1. The van der Waals surface area contributed by atoms with Crippen LogP contribution in [-0.4, -0.2) is 49.0 Å². The highest BCUT2D eigenvalue weighted by molar-refractivity contribution is 6.30. The van der Waals surface area contributed by atoms with E-state index in [0.29, 0.717) is 41.1 Å². The second-order valence-electron chi connectivity index (χ2n) is 5.93. The zero-order chi connectivity index (χ0) is 17.4. The van der Waals surface area contributed by atoms with Gasteiger partial charge in [0.25, 0.3) is 11.8 Å². The SMILES string of the molecule is Cc1noc(-c2cn([C@H]3CCN(C(=O)c4cccc(Cl)c4)C3)nn2)n1. The quantitative estimate of drug-likeness (QED) is 0.714. The first-order valence-electron chi connectivity index (χ1n) is 7.87. The molecule has 9 heteroatoms. The molecule has 0 saturated carbocycles. The van der Waals surface area contributed by atoms with Crippen molar-refractivity contribution in [1.29, 1.82) is 0 Å². The Balaban J connectivity index is 1.47. The lowest BCUT2D eigenvalue weighted by atomic mass is 10.2. The van der Waals surface area contributed by atoms with Crippen LogP contribution in [0.1, 0.15) is 28.6 Å². The van der Waals surface area contributed by atoms with Gasteiger partial charge in [-0.25, -0.2) is 4.68 Å².